The van der Waals surface area contributed by atoms with E-state index in [1.807, 2.05) is 4.52 Å². The summed E-state index contributed by atoms with van der Waals surface area (Å²) in [6, 6.07) is 0. The Labute approximate surface area is 110 Å². The van der Waals surface area contributed by atoms with Crippen LogP contribution in [0.25, 0.3) is 4.96 Å². The average Bonchev–Trinajstić information content (AvgIpc) is 2.82. The molecule has 2 aromatic heterocycles. The number of nitrogens with zero attached hydrogens (tertiary/aromatic N) is 4. The molecule has 0 saturated carbocycles. The van der Waals surface area contributed by atoms with Gasteiger partial charge >= 0.3 is 0 Å². The highest BCUT2D eigenvalue weighted by Gasteiger charge is 2.23. The Balaban J connectivity index is 2.31. The Kier molecular flexibility index (Phi) is 3.65. The van der Waals surface area contributed by atoms with E-state index < -0.39 is 0 Å². The molecule has 1 atom stereocenters. The maximum atomic E-state index is 5.62. The molecule has 7 heteroatoms. The summed E-state index contributed by atoms with van der Waals surface area (Å²) < 4.78 is 7.09. The summed E-state index contributed by atoms with van der Waals surface area (Å²) in [5.74, 6) is 0.877. The van der Waals surface area contributed by atoms with Gasteiger partial charge in [-0.3, -0.25) is 0 Å². The van der Waals surface area contributed by atoms with E-state index in [0.29, 0.717) is 13.0 Å². The first-order valence-corrected chi connectivity index (χ1v) is 6.72. The second kappa shape index (κ2) is 4.91. The van der Waals surface area contributed by atoms with E-state index in [1.165, 1.54) is 11.3 Å². The summed E-state index contributed by atoms with van der Waals surface area (Å²) in [5, 5.41) is 13.9. The van der Waals surface area contributed by atoms with Crippen LogP contribution in [0.1, 0.15) is 31.6 Å². The summed E-state index contributed by atoms with van der Waals surface area (Å²) in [7, 11) is 1.67. The number of hydrogen-bond donors (Lipinski definition) is 1. The van der Waals surface area contributed by atoms with Crippen molar-refractivity contribution in [2.45, 2.75) is 38.7 Å². The summed E-state index contributed by atoms with van der Waals surface area (Å²) >= 11 is 1.54. The molecule has 0 radical (unpaired) electrons. The van der Waals surface area contributed by atoms with Gasteiger partial charge in [0, 0.05) is 25.5 Å². The minimum Gasteiger partial charge on any atom is -0.380 e. The van der Waals surface area contributed by atoms with E-state index in [1.54, 1.807) is 7.11 Å². The van der Waals surface area contributed by atoms with Gasteiger partial charge in [-0.2, -0.15) is 9.61 Å². The number of ether oxygens (including phenoxy) is 1. The van der Waals surface area contributed by atoms with Gasteiger partial charge in [0.15, 0.2) is 5.82 Å². The quantitative estimate of drug-likeness (QED) is 0.896. The zero-order valence-electron chi connectivity index (χ0n) is 11.2. The van der Waals surface area contributed by atoms with E-state index >= 15 is 0 Å². The van der Waals surface area contributed by atoms with Gasteiger partial charge in [0.25, 0.3) is 0 Å². The first-order chi connectivity index (χ1) is 8.45. The standard InChI is InChI=1S/C11H19N5OS/c1-11(2,3)9-13-14-10-16(9)15-8(18-10)5-7(6-12)17-4/h7H,5-6,12H2,1-4H3. The Morgan fingerprint density at radius 1 is 1.39 bits per heavy atom. The van der Waals surface area contributed by atoms with Crippen LogP contribution in [-0.4, -0.2) is 39.6 Å². The minimum atomic E-state index is -0.0702. The van der Waals surface area contributed by atoms with E-state index in [-0.39, 0.29) is 11.5 Å². The molecule has 0 aliphatic heterocycles. The van der Waals surface area contributed by atoms with Crippen molar-refractivity contribution in [2.75, 3.05) is 13.7 Å². The third-order valence-electron chi connectivity index (χ3n) is 2.70. The van der Waals surface area contributed by atoms with Crippen LogP contribution in [0.2, 0.25) is 0 Å². The molecule has 0 bridgehead atoms. The molecule has 2 rings (SSSR count). The van der Waals surface area contributed by atoms with Crippen molar-refractivity contribution in [2.24, 2.45) is 5.73 Å². The third kappa shape index (κ3) is 2.52. The number of aromatic nitrogens is 4. The fourth-order valence-electron chi connectivity index (χ4n) is 1.66. The number of nitrogens with two attached hydrogens (primary N) is 1. The van der Waals surface area contributed by atoms with Crippen LogP contribution in [0.15, 0.2) is 0 Å². The van der Waals surface area contributed by atoms with Gasteiger partial charge in [0.2, 0.25) is 4.96 Å². The highest BCUT2D eigenvalue weighted by Crippen LogP contribution is 2.23. The van der Waals surface area contributed by atoms with Gasteiger partial charge < -0.3 is 10.5 Å². The third-order valence-corrected chi connectivity index (χ3v) is 3.62. The Hall–Kier alpha value is -1.05. The molecule has 0 aliphatic carbocycles. The highest BCUT2D eigenvalue weighted by molar-refractivity contribution is 7.16. The molecule has 2 N–H and O–H groups in total. The Morgan fingerprint density at radius 2 is 2.11 bits per heavy atom. The Bertz CT molecular complexity index is 523. The second-order valence-electron chi connectivity index (χ2n) is 5.26. The Morgan fingerprint density at radius 3 is 2.67 bits per heavy atom. The molecule has 100 valence electrons. The average molecular weight is 269 g/mol. The van der Waals surface area contributed by atoms with Crippen LogP contribution in [-0.2, 0) is 16.6 Å². The van der Waals surface area contributed by atoms with E-state index in [9.17, 15) is 0 Å². The monoisotopic (exact) mass is 269 g/mol. The van der Waals surface area contributed by atoms with Gasteiger partial charge in [-0.1, -0.05) is 32.1 Å². The van der Waals surface area contributed by atoms with Crippen molar-refractivity contribution >= 4 is 16.3 Å². The van der Waals surface area contributed by atoms with Crippen molar-refractivity contribution in [1.29, 1.82) is 0 Å². The lowest BCUT2D eigenvalue weighted by Gasteiger charge is -2.13. The molecule has 2 heterocycles. The minimum absolute atomic E-state index is 0.00639. The number of hydrogen-bond acceptors (Lipinski definition) is 6. The van der Waals surface area contributed by atoms with Crippen LogP contribution in [0.4, 0.5) is 0 Å². The van der Waals surface area contributed by atoms with Crippen LogP contribution < -0.4 is 5.73 Å². The molecule has 0 aliphatic rings. The van der Waals surface area contributed by atoms with Crippen molar-refractivity contribution < 1.29 is 4.74 Å². The predicted molar refractivity (Wildman–Crippen MR) is 70.9 cm³/mol. The fraction of sp³-hybridized carbons (Fsp3) is 0.727. The maximum absolute atomic E-state index is 5.62. The van der Waals surface area contributed by atoms with E-state index in [0.717, 1.165) is 15.8 Å². The number of rotatable bonds is 4. The lowest BCUT2D eigenvalue weighted by Crippen LogP contribution is -2.24. The molecular formula is C11H19N5OS. The normalized spacial score (nSPS) is 14.3. The van der Waals surface area contributed by atoms with Crippen molar-refractivity contribution in [3.05, 3.63) is 10.8 Å². The van der Waals surface area contributed by atoms with Crippen molar-refractivity contribution in [1.82, 2.24) is 19.8 Å². The first-order valence-electron chi connectivity index (χ1n) is 5.90. The zero-order chi connectivity index (χ0) is 13.3. The summed E-state index contributed by atoms with van der Waals surface area (Å²) in [4.78, 5) is 0.821. The first kappa shape index (κ1) is 13.4. The van der Waals surface area contributed by atoms with E-state index in [2.05, 4.69) is 36.1 Å². The maximum Gasteiger partial charge on any atom is 0.234 e. The summed E-state index contributed by atoms with van der Waals surface area (Å²) in [6.07, 6.45) is 0.719. The fourth-order valence-corrected chi connectivity index (χ4v) is 2.56. The van der Waals surface area contributed by atoms with Gasteiger partial charge in [-0.15, -0.1) is 10.2 Å². The molecule has 0 spiro atoms. The topological polar surface area (TPSA) is 78.3 Å². The smallest absolute Gasteiger partial charge is 0.234 e. The molecule has 6 nitrogen and oxygen atoms in total. The van der Waals surface area contributed by atoms with Gasteiger partial charge in [-0.05, 0) is 0 Å². The molecular weight excluding hydrogens is 250 g/mol. The molecule has 0 amide bonds. The molecule has 1 unspecified atom stereocenters. The molecule has 0 aromatic carbocycles. The molecule has 18 heavy (non-hydrogen) atoms. The van der Waals surface area contributed by atoms with Crippen LogP contribution in [0.3, 0.4) is 0 Å². The zero-order valence-corrected chi connectivity index (χ0v) is 12.0. The number of fused-ring (bicyclic) bond motifs is 1. The molecule has 0 fully saturated rings. The number of methoxy groups -OCH3 is 1. The SMILES string of the molecule is COC(CN)Cc1nn2c(C(C)(C)C)nnc2s1. The van der Waals surface area contributed by atoms with Gasteiger partial charge in [0.1, 0.15) is 5.01 Å². The van der Waals surface area contributed by atoms with Gasteiger partial charge in [-0.25, -0.2) is 0 Å². The lowest BCUT2D eigenvalue weighted by atomic mass is 9.96. The molecule has 2 aromatic rings. The summed E-state index contributed by atoms with van der Waals surface area (Å²) in [6.45, 7) is 6.78. The van der Waals surface area contributed by atoms with Crippen molar-refractivity contribution in [3.8, 4) is 0 Å². The van der Waals surface area contributed by atoms with Crippen LogP contribution in [0, 0.1) is 0 Å². The van der Waals surface area contributed by atoms with Crippen LogP contribution >= 0.6 is 11.3 Å². The second-order valence-corrected chi connectivity index (χ2v) is 6.30. The van der Waals surface area contributed by atoms with Gasteiger partial charge in [0.05, 0.1) is 6.10 Å². The summed E-state index contributed by atoms with van der Waals surface area (Å²) in [5.41, 5.74) is 5.55. The van der Waals surface area contributed by atoms with E-state index in [4.69, 9.17) is 10.5 Å². The predicted octanol–water partition coefficient (Wildman–Crippen LogP) is 0.999. The van der Waals surface area contributed by atoms with Crippen molar-refractivity contribution in [3.63, 3.8) is 0 Å². The van der Waals surface area contributed by atoms with Crippen LogP contribution in [0.5, 0.6) is 0 Å². The lowest BCUT2D eigenvalue weighted by molar-refractivity contribution is 0.110. The highest BCUT2D eigenvalue weighted by atomic mass is 32.1. The largest absolute Gasteiger partial charge is 0.380 e. The molecule has 0 saturated heterocycles.